The number of aryl methyl sites for hydroxylation is 1. The van der Waals surface area contributed by atoms with Gasteiger partial charge in [0.1, 0.15) is 0 Å². The van der Waals surface area contributed by atoms with Gasteiger partial charge in [0.25, 0.3) is 0 Å². The summed E-state index contributed by atoms with van der Waals surface area (Å²) in [6, 6.07) is 13.8. The first-order valence-corrected chi connectivity index (χ1v) is 11.7. The van der Waals surface area contributed by atoms with Crippen LogP contribution in [0.3, 0.4) is 0 Å². The summed E-state index contributed by atoms with van der Waals surface area (Å²) in [6.07, 6.45) is 1.45. The van der Waals surface area contributed by atoms with Crippen molar-refractivity contribution in [3.05, 3.63) is 59.7 Å². The van der Waals surface area contributed by atoms with Crippen LogP contribution in [0.4, 0.5) is 11.4 Å². The molecular weight excluding hydrogens is 372 g/mol. The number of nitrogens with one attached hydrogen (secondary N) is 1. The first-order valence-electron chi connectivity index (χ1n) is 8.42. The largest absolute Gasteiger partial charge is 0.283 e. The summed E-state index contributed by atoms with van der Waals surface area (Å²) < 4.78 is 53.4. The van der Waals surface area contributed by atoms with E-state index in [1.807, 2.05) is 19.1 Å². The van der Waals surface area contributed by atoms with Crippen LogP contribution >= 0.6 is 0 Å². The maximum atomic E-state index is 12.5. The molecule has 0 saturated carbocycles. The Morgan fingerprint density at radius 1 is 1.08 bits per heavy atom. The number of anilines is 2. The second-order valence-corrected chi connectivity index (χ2v) is 10.2. The molecule has 1 heterocycles. The minimum atomic E-state index is -3.60. The lowest BCUT2D eigenvalue weighted by Crippen LogP contribution is -2.37. The van der Waals surface area contributed by atoms with Gasteiger partial charge in [-0.2, -0.15) is 0 Å². The van der Waals surface area contributed by atoms with Crippen LogP contribution in [0.15, 0.2) is 48.5 Å². The van der Waals surface area contributed by atoms with Gasteiger partial charge in [-0.05, 0) is 49.1 Å². The summed E-state index contributed by atoms with van der Waals surface area (Å²) in [5.41, 5.74) is 2.48. The maximum Gasteiger partial charge on any atom is 0.236 e. The quantitative estimate of drug-likeness (QED) is 0.845. The van der Waals surface area contributed by atoms with Crippen LogP contribution in [0.5, 0.6) is 0 Å². The van der Waals surface area contributed by atoms with E-state index in [1.165, 1.54) is 4.31 Å². The second-order valence-electron chi connectivity index (χ2n) is 6.43. The molecule has 6 nitrogen and oxygen atoms in total. The molecule has 0 bridgehead atoms. The molecule has 1 aliphatic rings. The fourth-order valence-electron chi connectivity index (χ4n) is 3.00. The fraction of sp³-hybridized carbons (Fsp3) is 0.333. The smallest absolute Gasteiger partial charge is 0.236 e. The van der Waals surface area contributed by atoms with Gasteiger partial charge < -0.3 is 0 Å². The lowest BCUT2D eigenvalue weighted by molar-refractivity contribution is 0.574. The molecule has 0 atom stereocenters. The molecule has 3 rings (SSSR count). The summed E-state index contributed by atoms with van der Waals surface area (Å²) in [4.78, 5) is 0. The third-order valence-electron chi connectivity index (χ3n) is 4.36. The molecule has 0 radical (unpaired) electrons. The van der Waals surface area contributed by atoms with Crippen LogP contribution in [-0.2, 0) is 25.8 Å². The Balaban J connectivity index is 1.81. The minimum Gasteiger partial charge on any atom is -0.283 e. The number of hydrogen-bond donors (Lipinski definition) is 1. The van der Waals surface area contributed by atoms with Gasteiger partial charge >= 0.3 is 0 Å². The molecule has 2 aromatic carbocycles. The first-order chi connectivity index (χ1) is 12.3. The van der Waals surface area contributed by atoms with Gasteiger partial charge in [-0.15, -0.1) is 0 Å². The maximum absolute atomic E-state index is 12.5. The molecule has 1 aliphatic heterocycles. The normalized spacial score (nSPS) is 17.0. The van der Waals surface area contributed by atoms with E-state index in [0.29, 0.717) is 24.3 Å². The van der Waals surface area contributed by atoms with Gasteiger partial charge in [-0.25, -0.2) is 16.8 Å². The van der Waals surface area contributed by atoms with E-state index in [-0.39, 0.29) is 11.5 Å². The van der Waals surface area contributed by atoms with Gasteiger partial charge in [0.2, 0.25) is 20.0 Å². The highest BCUT2D eigenvalue weighted by Gasteiger charge is 2.26. The van der Waals surface area contributed by atoms with Gasteiger partial charge in [0, 0.05) is 6.54 Å². The highest BCUT2D eigenvalue weighted by atomic mass is 32.2. The molecule has 1 N–H and O–H groups in total. The number of nitrogens with zero attached hydrogens (tertiary/aromatic N) is 1. The van der Waals surface area contributed by atoms with Gasteiger partial charge in [-0.3, -0.25) is 9.03 Å². The summed E-state index contributed by atoms with van der Waals surface area (Å²) in [7, 11) is -6.94. The summed E-state index contributed by atoms with van der Waals surface area (Å²) >= 11 is 0. The first kappa shape index (κ1) is 18.7. The predicted molar refractivity (Wildman–Crippen MR) is 104 cm³/mol. The van der Waals surface area contributed by atoms with E-state index < -0.39 is 20.0 Å². The van der Waals surface area contributed by atoms with Crippen molar-refractivity contribution in [1.29, 1.82) is 0 Å². The minimum absolute atomic E-state index is 0.121. The van der Waals surface area contributed by atoms with E-state index in [4.69, 9.17) is 0 Å². The topological polar surface area (TPSA) is 83.6 Å². The number of rotatable bonds is 5. The molecule has 0 spiro atoms. The second kappa shape index (κ2) is 7.28. The predicted octanol–water partition coefficient (Wildman–Crippen LogP) is 2.87. The van der Waals surface area contributed by atoms with Crippen LogP contribution in [0.1, 0.15) is 24.0 Å². The molecule has 0 aliphatic carbocycles. The van der Waals surface area contributed by atoms with Crippen molar-refractivity contribution in [1.82, 2.24) is 0 Å². The zero-order valence-corrected chi connectivity index (χ0v) is 16.2. The Morgan fingerprint density at radius 2 is 1.85 bits per heavy atom. The van der Waals surface area contributed by atoms with Crippen molar-refractivity contribution in [2.75, 3.05) is 21.3 Å². The molecule has 26 heavy (non-hydrogen) atoms. The Morgan fingerprint density at radius 3 is 2.58 bits per heavy atom. The number of sulfonamides is 2. The van der Waals surface area contributed by atoms with Crippen LogP contribution in [0.25, 0.3) is 0 Å². The third-order valence-corrected chi connectivity index (χ3v) is 7.47. The van der Waals surface area contributed by atoms with Crippen molar-refractivity contribution < 1.29 is 16.8 Å². The standard InChI is InChI=1S/C18H22N2O4S2/c1-15-7-2-3-8-16(15)14-25(21,22)19-17-9-6-10-18(13-17)20-11-4-5-12-26(20,23)24/h2-3,6-10,13,19H,4-5,11-12,14H2,1H3. The number of hydrogen-bond acceptors (Lipinski definition) is 4. The summed E-state index contributed by atoms with van der Waals surface area (Å²) in [5.74, 6) is -0.0118. The Hall–Kier alpha value is -2.06. The van der Waals surface area contributed by atoms with Crippen LogP contribution in [0.2, 0.25) is 0 Å². The molecule has 1 fully saturated rings. The van der Waals surface area contributed by atoms with Crippen molar-refractivity contribution in [3.63, 3.8) is 0 Å². The van der Waals surface area contributed by atoms with Gasteiger partial charge in [-0.1, -0.05) is 30.3 Å². The van der Waals surface area contributed by atoms with E-state index >= 15 is 0 Å². The SMILES string of the molecule is Cc1ccccc1CS(=O)(=O)Nc1cccc(N2CCCCS2(=O)=O)c1. The molecular formula is C18H22N2O4S2. The lowest BCUT2D eigenvalue weighted by Gasteiger charge is -2.28. The van der Waals surface area contributed by atoms with E-state index in [0.717, 1.165) is 17.5 Å². The third kappa shape index (κ3) is 4.37. The van der Waals surface area contributed by atoms with Gasteiger partial charge in [0.05, 0.1) is 22.9 Å². The van der Waals surface area contributed by atoms with Crippen LogP contribution in [0, 0.1) is 6.92 Å². The molecule has 0 amide bonds. The molecule has 140 valence electrons. The highest BCUT2D eigenvalue weighted by molar-refractivity contribution is 7.92. The van der Waals surface area contributed by atoms with E-state index in [9.17, 15) is 16.8 Å². The molecule has 8 heteroatoms. The van der Waals surface area contributed by atoms with Gasteiger partial charge in [0.15, 0.2) is 0 Å². The summed E-state index contributed by atoms with van der Waals surface area (Å²) in [5, 5.41) is 0. The molecule has 0 unspecified atom stereocenters. The van der Waals surface area contributed by atoms with Crippen LogP contribution in [-0.4, -0.2) is 29.1 Å². The Kier molecular flexibility index (Phi) is 5.24. The Labute approximate surface area is 155 Å². The van der Waals surface area contributed by atoms with Crippen molar-refractivity contribution in [3.8, 4) is 0 Å². The molecule has 1 saturated heterocycles. The zero-order chi connectivity index (χ0) is 18.8. The Bertz CT molecular complexity index is 1000. The van der Waals surface area contributed by atoms with E-state index in [2.05, 4.69) is 4.72 Å². The lowest BCUT2D eigenvalue weighted by atomic mass is 10.1. The van der Waals surface area contributed by atoms with Crippen LogP contribution < -0.4 is 9.03 Å². The summed E-state index contributed by atoms with van der Waals surface area (Å²) in [6.45, 7) is 2.29. The average Bonchev–Trinajstić information content (AvgIpc) is 2.56. The van der Waals surface area contributed by atoms with Crippen molar-refractivity contribution in [2.45, 2.75) is 25.5 Å². The average molecular weight is 395 g/mol. The highest BCUT2D eigenvalue weighted by Crippen LogP contribution is 2.26. The fourth-order valence-corrected chi connectivity index (χ4v) is 5.92. The van der Waals surface area contributed by atoms with Crippen molar-refractivity contribution in [2.24, 2.45) is 0 Å². The monoisotopic (exact) mass is 394 g/mol. The molecule has 0 aromatic heterocycles. The van der Waals surface area contributed by atoms with E-state index in [1.54, 1.807) is 36.4 Å². The molecule has 2 aromatic rings. The van der Waals surface area contributed by atoms with Crippen molar-refractivity contribution >= 4 is 31.4 Å². The number of benzene rings is 2. The zero-order valence-electron chi connectivity index (χ0n) is 14.6.